The monoisotopic (exact) mass is 417 g/mol. The number of carbonyl (C=O) groups is 3. The molecule has 0 unspecified atom stereocenters. The molecule has 0 aliphatic heterocycles. The summed E-state index contributed by atoms with van der Waals surface area (Å²) in [6.07, 6.45) is 0.363. The first-order valence-electron chi connectivity index (χ1n) is 9.35. The normalized spacial score (nSPS) is 10.2. The molecule has 0 fully saturated rings. The zero-order chi connectivity index (χ0) is 21.9. The highest BCUT2D eigenvalue weighted by atomic mass is 16.6. The number of aromatic nitrogens is 2. The van der Waals surface area contributed by atoms with Crippen molar-refractivity contribution in [2.75, 3.05) is 26.4 Å². The Balaban J connectivity index is 1.99. The predicted molar refractivity (Wildman–Crippen MR) is 105 cm³/mol. The van der Waals surface area contributed by atoms with Crippen molar-refractivity contribution in [2.45, 2.75) is 20.4 Å². The van der Waals surface area contributed by atoms with Crippen molar-refractivity contribution in [3.63, 3.8) is 0 Å². The molecule has 10 heteroatoms. The fourth-order valence-electron chi connectivity index (χ4n) is 2.41. The molecule has 0 saturated heterocycles. The molecule has 0 spiro atoms. The fourth-order valence-corrected chi connectivity index (χ4v) is 2.41. The maximum Gasteiger partial charge on any atom is 0.417 e. The Bertz CT molecular complexity index is 927. The van der Waals surface area contributed by atoms with E-state index in [0.29, 0.717) is 11.4 Å². The summed E-state index contributed by atoms with van der Waals surface area (Å²) in [7, 11) is 0. The second-order valence-electron chi connectivity index (χ2n) is 5.90. The van der Waals surface area contributed by atoms with E-state index in [4.69, 9.17) is 9.47 Å². The van der Waals surface area contributed by atoms with E-state index in [2.05, 4.69) is 9.84 Å². The third kappa shape index (κ3) is 6.43. The highest BCUT2D eigenvalue weighted by Crippen LogP contribution is 2.06. The van der Waals surface area contributed by atoms with Crippen molar-refractivity contribution in [2.24, 2.45) is 0 Å². The molecule has 0 atom stereocenters. The van der Waals surface area contributed by atoms with Crippen molar-refractivity contribution in [3.05, 3.63) is 58.5 Å². The van der Waals surface area contributed by atoms with Crippen LogP contribution in [0.4, 0.5) is 4.79 Å². The molecule has 0 saturated carbocycles. The maximum atomic E-state index is 12.2. The molecule has 0 aliphatic carbocycles. The zero-order valence-corrected chi connectivity index (χ0v) is 16.8. The lowest BCUT2D eigenvalue weighted by molar-refractivity contribution is -0.159. The largest absolute Gasteiger partial charge is 0.490 e. The predicted octanol–water partition coefficient (Wildman–Crippen LogP) is 1.22. The molecule has 0 aliphatic rings. The quantitative estimate of drug-likeness (QED) is 0.465. The second-order valence-corrected chi connectivity index (χ2v) is 5.90. The number of imide groups is 1. The van der Waals surface area contributed by atoms with Crippen LogP contribution < -0.4 is 10.3 Å². The number of hydrogen-bond donors (Lipinski definition) is 0. The van der Waals surface area contributed by atoms with Crippen LogP contribution in [0, 0.1) is 0 Å². The number of amides is 2. The van der Waals surface area contributed by atoms with Gasteiger partial charge in [-0.15, -0.1) is 0 Å². The standard InChI is InChI=1S/C20H23N3O7/c1-3-28-19(26)18(25)22(20(27)29-4-2)10-11-30-16-12-17(24)23(21-13-16)14-15-8-6-5-7-9-15/h5-9,12-13H,3-4,10-11,14H2,1-2H3. The Labute approximate surface area is 173 Å². The van der Waals surface area contributed by atoms with Crippen LogP contribution in [0.1, 0.15) is 19.4 Å². The number of esters is 1. The van der Waals surface area contributed by atoms with Gasteiger partial charge in [-0.05, 0) is 19.4 Å². The average molecular weight is 417 g/mol. The number of benzene rings is 1. The molecule has 2 aromatic rings. The Hall–Kier alpha value is -3.69. The van der Waals surface area contributed by atoms with Crippen LogP contribution in [0.15, 0.2) is 47.4 Å². The van der Waals surface area contributed by atoms with E-state index in [1.54, 1.807) is 6.92 Å². The summed E-state index contributed by atoms with van der Waals surface area (Å²) < 4.78 is 16.1. The lowest BCUT2D eigenvalue weighted by atomic mass is 10.2. The third-order valence-corrected chi connectivity index (χ3v) is 3.79. The van der Waals surface area contributed by atoms with E-state index in [-0.39, 0.29) is 37.7 Å². The number of ether oxygens (including phenoxy) is 3. The Morgan fingerprint density at radius 2 is 1.77 bits per heavy atom. The number of carbonyl (C=O) groups excluding carboxylic acids is 3. The molecule has 1 aromatic carbocycles. The van der Waals surface area contributed by atoms with Crippen LogP contribution in [-0.2, 0) is 25.6 Å². The van der Waals surface area contributed by atoms with Crippen molar-refractivity contribution >= 4 is 18.0 Å². The summed E-state index contributed by atoms with van der Waals surface area (Å²) in [5, 5.41) is 4.06. The minimum absolute atomic E-state index is 0.0112. The van der Waals surface area contributed by atoms with Crippen molar-refractivity contribution < 1.29 is 28.6 Å². The minimum atomic E-state index is -1.17. The van der Waals surface area contributed by atoms with E-state index in [1.807, 2.05) is 30.3 Å². The average Bonchev–Trinajstić information content (AvgIpc) is 2.73. The van der Waals surface area contributed by atoms with E-state index in [1.165, 1.54) is 23.9 Å². The summed E-state index contributed by atoms with van der Waals surface area (Å²) in [5.41, 5.74) is 0.546. The molecule has 0 radical (unpaired) electrons. The Morgan fingerprint density at radius 1 is 1.07 bits per heavy atom. The molecule has 0 bridgehead atoms. The third-order valence-electron chi connectivity index (χ3n) is 3.79. The van der Waals surface area contributed by atoms with Crippen molar-refractivity contribution in [1.82, 2.24) is 14.7 Å². The van der Waals surface area contributed by atoms with E-state index in [0.717, 1.165) is 5.56 Å². The second kappa shape index (κ2) is 11.3. The number of nitrogens with zero attached hydrogens (tertiary/aromatic N) is 3. The van der Waals surface area contributed by atoms with E-state index >= 15 is 0 Å². The highest BCUT2D eigenvalue weighted by molar-refractivity contribution is 6.34. The first-order chi connectivity index (χ1) is 14.5. The van der Waals surface area contributed by atoms with E-state index in [9.17, 15) is 19.2 Å². The van der Waals surface area contributed by atoms with Crippen LogP contribution in [0.3, 0.4) is 0 Å². The van der Waals surface area contributed by atoms with Gasteiger partial charge in [-0.3, -0.25) is 9.59 Å². The fraction of sp³-hybridized carbons (Fsp3) is 0.350. The van der Waals surface area contributed by atoms with Crippen LogP contribution in [-0.4, -0.2) is 59.0 Å². The van der Waals surface area contributed by atoms with Gasteiger partial charge < -0.3 is 14.2 Å². The van der Waals surface area contributed by atoms with Gasteiger partial charge in [0.05, 0.1) is 32.5 Å². The highest BCUT2D eigenvalue weighted by Gasteiger charge is 2.29. The lowest BCUT2D eigenvalue weighted by Gasteiger charge is -2.19. The molecule has 0 N–H and O–H groups in total. The lowest BCUT2D eigenvalue weighted by Crippen LogP contribution is -2.44. The van der Waals surface area contributed by atoms with Crippen LogP contribution >= 0.6 is 0 Å². The summed E-state index contributed by atoms with van der Waals surface area (Å²) in [6.45, 7) is 2.98. The van der Waals surface area contributed by atoms with Gasteiger partial charge in [-0.25, -0.2) is 19.2 Å². The zero-order valence-electron chi connectivity index (χ0n) is 16.8. The van der Waals surface area contributed by atoms with Gasteiger partial charge in [0.15, 0.2) is 0 Å². The van der Waals surface area contributed by atoms with Gasteiger partial charge in [0.2, 0.25) is 0 Å². The maximum absolute atomic E-state index is 12.2. The van der Waals surface area contributed by atoms with Crippen LogP contribution in [0.25, 0.3) is 0 Å². The topological polar surface area (TPSA) is 117 Å². The molecule has 2 rings (SSSR count). The molecule has 10 nitrogen and oxygen atoms in total. The summed E-state index contributed by atoms with van der Waals surface area (Å²) in [6, 6.07) is 10.6. The Morgan fingerprint density at radius 3 is 2.40 bits per heavy atom. The SMILES string of the molecule is CCOC(=O)C(=O)N(CCOc1cnn(Cc2ccccc2)c(=O)c1)C(=O)OCC. The van der Waals surface area contributed by atoms with Crippen molar-refractivity contribution in [1.29, 1.82) is 0 Å². The van der Waals surface area contributed by atoms with E-state index < -0.39 is 18.0 Å². The minimum Gasteiger partial charge on any atom is -0.490 e. The molecular weight excluding hydrogens is 394 g/mol. The number of rotatable bonds is 8. The molecule has 1 aromatic heterocycles. The molecule has 2 amide bonds. The van der Waals surface area contributed by atoms with Crippen LogP contribution in [0.5, 0.6) is 5.75 Å². The van der Waals surface area contributed by atoms with Crippen LogP contribution in [0.2, 0.25) is 0 Å². The first kappa shape index (κ1) is 22.6. The molecule has 30 heavy (non-hydrogen) atoms. The van der Waals surface area contributed by atoms with Gasteiger partial charge >= 0.3 is 18.0 Å². The van der Waals surface area contributed by atoms with Gasteiger partial charge in [-0.1, -0.05) is 30.3 Å². The smallest absolute Gasteiger partial charge is 0.417 e. The van der Waals surface area contributed by atoms with Gasteiger partial charge in [0.1, 0.15) is 12.4 Å². The number of hydrogen-bond acceptors (Lipinski definition) is 8. The Kier molecular flexibility index (Phi) is 8.55. The van der Waals surface area contributed by atoms with Gasteiger partial charge in [0.25, 0.3) is 5.56 Å². The van der Waals surface area contributed by atoms with Gasteiger partial charge in [0, 0.05) is 6.07 Å². The molecular formula is C20H23N3O7. The molecule has 1 heterocycles. The first-order valence-corrected chi connectivity index (χ1v) is 9.35. The van der Waals surface area contributed by atoms with Gasteiger partial charge in [-0.2, -0.15) is 5.10 Å². The van der Waals surface area contributed by atoms with Crippen molar-refractivity contribution in [3.8, 4) is 5.75 Å². The summed E-state index contributed by atoms with van der Waals surface area (Å²) in [4.78, 5) is 48.5. The molecule has 160 valence electrons. The summed E-state index contributed by atoms with van der Waals surface area (Å²) >= 11 is 0. The summed E-state index contributed by atoms with van der Waals surface area (Å²) in [5.74, 6) is -2.16.